The zero-order chi connectivity index (χ0) is 11.7. The summed E-state index contributed by atoms with van der Waals surface area (Å²) in [4.78, 5) is 10.7. The Labute approximate surface area is 93.7 Å². The first-order chi connectivity index (χ1) is 7.59. The Kier molecular flexibility index (Phi) is 2.69. The largest absolute Gasteiger partial charge is 0.481 e. The Balaban J connectivity index is 2.57. The average Bonchev–Trinajstić information content (AvgIpc) is 2.61. The molecule has 1 aromatic heterocycles. The summed E-state index contributed by atoms with van der Waals surface area (Å²) in [6, 6.07) is 5.64. The van der Waals surface area contributed by atoms with E-state index in [0.29, 0.717) is 11.5 Å². The van der Waals surface area contributed by atoms with E-state index in [4.69, 9.17) is 9.52 Å². The Hall–Kier alpha value is -1.77. The Bertz CT molecular complexity index is 523. The van der Waals surface area contributed by atoms with Crippen LogP contribution in [-0.2, 0) is 11.2 Å². The minimum atomic E-state index is -0.838. The monoisotopic (exact) mass is 218 g/mol. The fourth-order valence-corrected chi connectivity index (χ4v) is 1.89. The molecule has 84 valence electrons. The first kappa shape index (κ1) is 10.7. The first-order valence-corrected chi connectivity index (χ1v) is 5.30. The third-order valence-corrected chi connectivity index (χ3v) is 2.68. The van der Waals surface area contributed by atoms with Crippen molar-refractivity contribution in [1.29, 1.82) is 0 Å². The number of carboxylic acid groups (broad SMARTS) is 1. The van der Waals surface area contributed by atoms with Gasteiger partial charge in [0, 0.05) is 16.5 Å². The van der Waals surface area contributed by atoms with Crippen LogP contribution in [0.15, 0.2) is 28.9 Å². The highest BCUT2D eigenvalue weighted by atomic mass is 16.4. The van der Waals surface area contributed by atoms with E-state index in [1.54, 1.807) is 12.3 Å². The van der Waals surface area contributed by atoms with Crippen molar-refractivity contribution in [2.75, 3.05) is 0 Å². The highest BCUT2D eigenvalue weighted by molar-refractivity contribution is 5.87. The number of para-hydroxylation sites is 1. The van der Waals surface area contributed by atoms with Gasteiger partial charge in [-0.1, -0.05) is 32.0 Å². The Morgan fingerprint density at radius 3 is 2.81 bits per heavy atom. The summed E-state index contributed by atoms with van der Waals surface area (Å²) in [6.45, 7) is 4.18. The molecule has 0 bridgehead atoms. The van der Waals surface area contributed by atoms with Crippen LogP contribution in [0.1, 0.15) is 30.9 Å². The van der Waals surface area contributed by atoms with Crippen molar-refractivity contribution in [3.05, 3.63) is 35.6 Å². The molecule has 1 aromatic carbocycles. The molecular weight excluding hydrogens is 204 g/mol. The number of carboxylic acids is 1. The second-order valence-electron chi connectivity index (χ2n) is 4.21. The summed E-state index contributed by atoms with van der Waals surface area (Å²) in [5.41, 5.74) is 2.56. The van der Waals surface area contributed by atoms with Gasteiger partial charge in [-0.2, -0.15) is 0 Å². The molecule has 1 N–H and O–H groups in total. The summed E-state index contributed by atoms with van der Waals surface area (Å²) >= 11 is 0. The molecule has 0 aliphatic carbocycles. The predicted molar refractivity (Wildman–Crippen MR) is 61.6 cm³/mol. The van der Waals surface area contributed by atoms with Gasteiger partial charge in [0.05, 0.1) is 12.7 Å². The quantitative estimate of drug-likeness (QED) is 0.860. The topological polar surface area (TPSA) is 50.4 Å². The van der Waals surface area contributed by atoms with Gasteiger partial charge in [-0.15, -0.1) is 0 Å². The molecule has 0 radical (unpaired) electrons. The first-order valence-electron chi connectivity index (χ1n) is 5.30. The van der Waals surface area contributed by atoms with Crippen molar-refractivity contribution in [2.45, 2.75) is 26.2 Å². The molecule has 0 aliphatic heterocycles. The van der Waals surface area contributed by atoms with Crippen molar-refractivity contribution in [3.63, 3.8) is 0 Å². The fourth-order valence-electron chi connectivity index (χ4n) is 1.89. The number of benzene rings is 1. The van der Waals surface area contributed by atoms with Gasteiger partial charge in [-0.3, -0.25) is 4.79 Å². The van der Waals surface area contributed by atoms with Crippen molar-refractivity contribution in [1.82, 2.24) is 0 Å². The third-order valence-electron chi connectivity index (χ3n) is 2.68. The maximum Gasteiger partial charge on any atom is 0.307 e. The maximum absolute atomic E-state index is 10.7. The van der Waals surface area contributed by atoms with Gasteiger partial charge in [0.2, 0.25) is 0 Å². The third kappa shape index (κ3) is 1.81. The maximum atomic E-state index is 10.7. The van der Waals surface area contributed by atoms with Crippen molar-refractivity contribution in [3.8, 4) is 0 Å². The van der Waals surface area contributed by atoms with Gasteiger partial charge in [0.1, 0.15) is 5.58 Å². The molecule has 0 unspecified atom stereocenters. The molecule has 3 heteroatoms. The summed E-state index contributed by atoms with van der Waals surface area (Å²) in [6.07, 6.45) is 1.73. The molecule has 0 spiro atoms. The van der Waals surface area contributed by atoms with Crippen LogP contribution in [0.2, 0.25) is 0 Å². The Morgan fingerprint density at radius 1 is 1.44 bits per heavy atom. The van der Waals surface area contributed by atoms with Crippen molar-refractivity contribution in [2.24, 2.45) is 0 Å². The normalized spacial score (nSPS) is 11.2. The van der Waals surface area contributed by atoms with Gasteiger partial charge in [-0.05, 0) is 5.92 Å². The van der Waals surface area contributed by atoms with Crippen LogP contribution < -0.4 is 0 Å². The van der Waals surface area contributed by atoms with E-state index < -0.39 is 5.97 Å². The lowest BCUT2D eigenvalue weighted by Gasteiger charge is -2.02. The van der Waals surface area contributed by atoms with Crippen molar-refractivity contribution < 1.29 is 14.3 Å². The van der Waals surface area contributed by atoms with Crippen LogP contribution in [0.5, 0.6) is 0 Å². The minimum Gasteiger partial charge on any atom is -0.481 e. The fraction of sp³-hybridized carbons (Fsp3) is 0.308. The molecule has 0 amide bonds. The lowest BCUT2D eigenvalue weighted by Crippen LogP contribution is -2.00. The number of rotatable bonds is 3. The van der Waals surface area contributed by atoms with Gasteiger partial charge < -0.3 is 9.52 Å². The van der Waals surface area contributed by atoms with E-state index in [0.717, 1.165) is 16.5 Å². The summed E-state index contributed by atoms with van der Waals surface area (Å²) in [7, 11) is 0. The molecule has 0 aliphatic rings. The van der Waals surface area contributed by atoms with Gasteiger partial charge in [0.25, 0.3) is 0 Å². The highest BCUT2D eigenvalue weighted by Crippen LogP contribution is 2.29. The van der Waals surface area contributed by atoms with Crippen LogP contribution in [-0.4, -0.2) is 11.1 Å². The molecule has 0 fully saturated rings. The number of hydrogen-bond acceptors (Lipinski definition) is 2. The van der Waals surface area contributed by atoms with E-state index in [9.17, 15) is 4.79 Å². The van der Waals surface area contributed by atoms with Crippen LogP contribution in [0.3, 0.4) is 0 Å². The summed E-state index contributed by atoms with van der Waals surface area (Å²) < 4.78 is 5.48. The average molecular weight is 218 g/mol. The Morgan fingerprint density at radius 2 is 2.19 bits per heavy atom. The van der Waals surface area contributed by atoms with Crippen LogP contribution >= 0.6 is 0 Å². The number of furan rings is 1. The zero-order valence-electron chi connectivity index (χ0n) is 9.36. The predicted octanol–water partition coefficient (Wildman–Crippen LogP) is 3.18. The molecule has 3 nitrogen and oxygen atoms in total. The van der Waals surface area contributed by atoms with E-state index in [1.807, 2.05) is 12.1 Å². The number of carbonyl (C=O) groups is 1. The van der Waals surface area contributed by atoms with E-state index >= 15 is 0 Å². The highest BCUT2D eigenvalue weighted by Gasteiger charge is 2.13. The van der Waals surface area contributed by atoms with Crippen molar-refractivity contribution >= 4 is 16.9 Å². The minimum absolute atomic E-state index is 0.00237. The van der Waals surface area contributed by atoms with Crippen LogP contribution in [0.4, 0.5) is 0 Å². The van der Waals surface area contributed by atoms with Gasteiger partial charge in [0.15, 0.2) is 0 Å². The molecule has 1 heterocycles. The number of fused-ring (bicyclic) bond motifs is 1. The van der Waals surface area contributed by atoms with Crippen LogP contribution in [0, 0.1) is 0 Å². The van der Waals surface area contributed by atoms with E-state index in [-0.39, 0.29) is 6.42 Å². The van der Waals surface area contributed by atoms with E-state index in [2.05, 4.69) is 13.8 Å². The van der Waals surface area contributed by atoms with E-state index in [1.165, 1.54) is 0 Å². The van der Waals surface area contributed by atoms with Gasteiger partial charge >= 0.3 is 5.97 Å². The summed E-state index contributed by atoms with van der Waals surface area (Å²) in [5.74, 6) is -0.462. The lowest BCUT2D eigenvalue weighted by molar-refractivity contribution is -0.136. The number of hydrogen-bond donors (Lipinski definition) is 1. The SMILES string of the molecule is CC(C)c1coc2c(CC(=O)O)cccc12. The smallest absolute Gasteiger partial charge is 0.307 e. The molecule has 2 rings (SSSR count). The standard InChI is InChI=1S/C13H14O3/c1-8(2)11-7-16-13-9(6-12(14)15)4-3-5-10(11)13/h3-5,7-8H,6H2,1-2H3,(H,14,15). The molecule has 0 saturated heterocycles. The second kappa shape index (κ2) is 4.00. The molecule has 0 saturated carbocycles. The molecule has 16 heavy (non-hydrogen) atoms. The molecule has 2 aromatic rings. The molecular formula is C13H14O3. The van der Waals surface area contributed by atoms with Crippen LogP contribution in [0.25, 0.3) is 11.0 Å². The lowest BCUT2D eigenvalue weighted by atomic mass is 10.0. The number of aliphatic carboxylic acids is 1. The summed E-state index contributed by atoms with van der Waals surface area (Å²) in [5, 5.41) is 9.82. The zero-order valence-corrected chi connectivity index (χ0v) is 9.36. The van der Waals surface area contributed by atoms with Gasteiger partial charge in [-0.25, -0.2) is 0 Å². The molecule has 0 atom stereocenters. The second-order valence-corrected chi connectivity index (χ2v) is 4.21.